The Morgan fingerprint density at radius 1 is 0.789 bits per heavy atom. The second-order valence-corrected chi connectivity index (χ2v) is 8.90. The number of thioether (sulfide) groups is 1. The largest absolute Gasteiger partial charge is 0.494 e. The van der Waals surface area contributed by atoms with Crippen molar-refractivity contribution in [3.63, 3.8) is 0 Å². The van der Waals surface area contributed by atoms with Crippen molar-refractivity contribution in [2.24, 2.45) is 0 Å². The normalized spacial score (nSPS) is 10.6. The lowest BCUT2D eigenvalue weighted by Crippen LogP contribution is -2.12. The van der Waals surface area contributed by atoms with Gasteiger partial charge in [-0.3, -0.25) is 4.79 Å². The van der Waals surface area contributed by atoms with Crippen LogP contribution in [-0.4, -0.2) is 43.5 Å². The van der Waals surface area contributed by atoms with Gasteiger partial charge in [0.15, 0.2) is 0 Å². The standard InChI is InChI=1S/C29H31FO7S/c1-3-27(31)36-19-7-5-4-6-18-34-25-13-15-26(16-14-25)38-28(32)17-10-23-8-11-24(12-9-23)35-20-21-37-29(33)22(2)30/h3,8-17H,1-2,4-7,18-21H2/b17-10+. The molecule has 0 heterocycles. The van der Waals surface area contributed by atoms with E-state index >= 15 is 0 Å². The maximum Gasteiger partial charge on any atom is 0.366 e. The number of unbranched alkanes of at least 4 members (excludes halogenated alkanes) is 3. The van der Waals surface area contributed by atoms with Gasteiger partial charge in [-0.1, -0.05) is 31.4 Å². The number of carbonyl (C=O) groups is 3. The monoisotopic (exact) mass is 542 g/mol. The maximum atomic E-state index is 12.5. The Labute approximate surface area is 226 Å². The third-order valence-electron chi connectivity index (χ3n) is 4.86. The van der Waals surface area contributed by atoms with Crippen LogP contribution in [0, 0.1) is 0 Å². The van der Waals surface area contributed by atoms with E-state index in [1.807, 2.05) is 24.3 Å². The van der Waals surface area contributed by atoms with E-state index in [9.17, 15) is 18.8 Å². The first kappa shape index (κ1) is 30.4. The highest BCUT2D eigenvalue weighted by atomic mass is 32.2. The van der Waals surface area contributed by atoms with Gasteiger partial charge in [0.25, 0.3) is 0 Å². The Balaban J connectivity index is 1.63. The van der Waals surface area contributed by atoms with Gasteiger partial charge in [-0.15, -0.1) is 0 Å². The summed E-state index contributed by atoms with van der Waals surface area (Å²) in [5, 5.41) is -0.117. The van der Waals surface area contributed by atoms with Gasteiger partial charge in [0, 0.05) is 11.0 Å². The molecule has 0 spiro atoms. The zero-order valence-electron chi connectivity index (χ0n) is 21.1. The number of rotatable bonds is 17. The number of halogens is 1. The van der Waals surface area contributed by atoms with Gasteiger partial charge in [0.05, 0.1) is 13.2 Å². The number of carbonyl (C=O) groups excluding carboxylic acids is 3. The van der Waals surface area contributed by atoms with Crippen LogP contribution >= 0.6 is 11.8 Å². The fourth-order valence-corrected chi connectivity index (χ4v) is 3.59. The van der Waals surface area contributed by atoms with Crippen molar-refractivity contribution in [3.8, 4) is 11.5 Å². The fourth-order valence-electron chi connectivity index (χ4n) is 2.95. The number of ether oxygens (including phenoxy) is 4. The van der Waals surface area contributed by atoms with E-state index in [0.29, 0.717) is 19.0 Å². The lowest BCUT2D eigenvalue weighted by atomic mass is 10.2. The molecule has 38 heavy (non-hydrogen) atoms. The van der Waals surface area contributed by atoms with E-state index < -0.39 is 17.8 Å². The minimum absolute atomic E-state index is 0.0732. The minimum atomic E-state index is -1.15. The van der Waals surface area contributed by atoms with Gasteiger partial charge in [-0.25, -0.2) is 9.59 Å². The van der Waals surface area contributed by atoms with Crippen molar-refractivity contribution < 1.29 is 37.7 Å². The molecule has 0 atom stereocenters. The van der Waals surface area contributed by atoms with Gasteiger partial charge in [-0.2, -0.15) is 4.39 Å². The average Bonchev–Trinajstić information content (AvgIpc) is 2.92. The molecule has 0 saturated heterocycles. The molecule has 0 bridgehead atoms. The molecule has 2 aromatic rings. The first-order chi connectivity index (χ1) is 18.4. The van der Waals surface area contributed by atoms with Crippen LogP contribution in [0.15, 0.2) is 84.6 Å². The van der Waals surface area contributed by atoms with Crippen LogP contribution in [-0.2, 0) is 23.9 Å². The summed E-state index contributed by atoms with van der Waals surface area (Å²) >= 11 is 1.11. The van der Waals surface area contributed by atoms with Gasteiger partial charge in [0.1, 0.15) is 24.7 Å². The first-order valence-corrected chi connectivity index (χ1v) is 12.9. The molecule has 9 heteroatoms. The highest BCUT2D eigenvalue weighted by Crippen LogP contribution is 2.23. The Hall–Kier alpha value is -3.85. The molecule has 0 unspecified atom stereocenters. The van der Waals surface area contributed by atoms with Crippen molar-refractivity contribution in [2.75, 3.05) is 26.4 Å². The van der Waals surface area contributed by atoms with Crippen LogP contribution in [0.25, 0.3) is 6.08 Å². The van der Waals surface area contributed by atoms with Crippen molar-refractivity contribution in [2.45, 2.75) is 30.6 Å². The minimum Gasteiger partial charge on any atom is -0.494 e. The second-order valence-electron chi connectivity index (χ2n) is 7.82. The summed E-state index contributed by atoms with van der Waals surface area (Å²) in [6.45, 7) is 7.18. The van der Waals surface area contributed by atoms with Crippen LogP contribution in [0.2, 0.25) is 0 Å². The predicted octanol–water partition coefficient (Wildman–Crippen LogP) is 6.09. The average molecular weight is 543 g/mol. The summed E-state index contributed by atoms with van der Waals surface area (Å²) in [5.41, 5.74) is 0.813. The number of hydrogen-bond acceptors (Lipinski definition) is 8. The van der Waals surface area contributed by atoms with Crippen LogP contribution in [0.5, 0.6) is 11.5 Å². The molecular weight excluding hydrogens is 511 g/mol. The molecule has 202 valence electrons. The molecule has 0 amide bonds. The van der Waals surface area contributed by atoms with Crippen LogP contribution in [0.3, 0.4) is 0 Å². The van der Waals surface area contributed by atoms with E-state index in [1.165, 1.54) is 6.08 Å². The number of esters is 2. The highest BCUT2D eigenvalue weighted by molar-refractivity contribution is 8.14. The summed E-state index contributed by atoms with van der Waals surface area (Å²) in [4.78, 5) is 35.0. The van der Waals surface area contributed by atoms with Crippen molar-refractivity contribution in [3.05, 3.63) is 85.2 Å². The van der Waals surface area contributed by atoms with Crippen LogP contribution in [0.4, 0.5) is 4.39 Å². The summed E-state index contributed by atoms with van der Waals surface area (Å²) in [6, 6.07) is 14.3. The van der Waals surface area contributed by atoms with Crippen molar-refractivity contribution >= 4 is 34.9 Å². The Bertz CT molecular complexity index is 1090. The number of benzene rings is 2. The highest BCUT2D eigenvalue weighted by Gasteiger charge is 2.06. The lowest BCUT2D eigenvalue weighted by Gasteiger charge is -2.07. The van der Waals surface area contributed by atoms with Crippen molar-refractivity contribution in [1.82, 2.24) is 0 Å². The molecule has 0 radical (unpaired) electrons. The van der Waals surface area contributed by atoms with Gasteiger partial charge in [0.2, 0.25) is 10.9 Å². The molecule has 0 aromatic heterocycles. The Morgan fingerprint density at radius 2 is 1.39 bits per heavy atom. The lowest BCUT2D eigenvalue weighted by molar-refractivity contribution is -0.141. The fraction of sp³-hybridized carbons (Fsp3) is 0.276. The summed E-state index contributed by atoms with van der Waals surface area (Å²) < 4.78 is 33.2. The molecule has 7 nitrogen and oxygen atoms in total. The molecule has 0 fully saturated rings. The van der Waals surface area contributed by atoms with Crippen LogP contribution < -0.4 is 9.47 Å². The Kier molecular flexibility index (Phi) is 14.1. The molecule has 0 aliphatic rings. The molecular formula is C29H31FO7S. The molecule has 0 aliphatic carbocycles. The van der Waals surface area contributed by atoms with Gasteiger partial charge in [-0.05, 0) is 85.5 Å². The van der Waals surface area contributed by atoms with E-state index in [2.05, 4.69) is 17.9 Å². The summed E-state index contributed by atoms with van der Waals surface area (Å²) in [6.07, 6.45) is 8.00. The van der Waals surface area contributed by atoms with Gasteiger partial charge < -0.3 is 18.9 Å². The first-order valence-electron chi connectivity index (χ1n) is 12.0. The molecule has 0 saturated carbocycles. The zero-order chi connectivity index (χ0) is 27.6. The summed E-state index contributed by atoms with van der Waals surface area (Å²) in [7, 11) is 0. The predicted molar refractivity (Wildman–Crippen MR) is 145 cm³/mol. The molecule has 0 aliphatic heterocycles. The summed E-state index contributed by atoms with van der Waals surface area (Å²) in [5.74, 6) is -1.36. The van der Waals surface area contributed by atoms with E-state index in [-0.39, 0.29) is 18.3 Å². The topological polar surface area (TPSA) is 88.1 Å². The van der Waals surface area contributed by atoms with E-state index in [0.717, 1.165) is 59.7 Å². The molecule has 0 N–H and O–H groups in total. The maximum absolute atomic E-state index is 12.5. The van der Waals surface area contributed by atoms with Crippen LogP contribution in [0.1, 0.15) is 31.2 Å². The Morgan fingerprint density at radius 3 is 2.03 bits per heavy atom. The second kappa shape index (κ2) is 17.6. The van der Waals surface area contributed by atoms with Crippen molar-refractivity contribution in [1.29, 1.82) is 0 Å². The third-order valence-corrected chi connectivity index (χ3v) is 5.70. The SMILES string of the molecule is C=CC(=O)OCCCCCCOc1ccc(SC(=O)/C=C/c2ccc(OCCOC(=O)C(=C)F)cc2)cc1. The third kappa shape index (κ3) is 12.9. The smallest absolute Gasteiger partial charge is 0.366 e. The zero-order valence-corrected chi connectivity index (χ0v) is 21.9. The molecule has 2 rings (SSSR count). The van der Waals surface area contributed by atoms with E-state index in [4.69, 9.17) is 14.2 Å². The molecule has 2 aromatic carbocycles. The van der Waals surface area contributed by atoms with Gasteiger partial charge >= 0.3 is 11.9 Å². The number of hydrogen-bond donors (Lipinski definition) is 0. The van der Waals surface area contributed by atoms with E-state index in [1.54, 1.807) is 30.3 Å². The quantitative estimate of drug-likeness (QED) is 0.103.